The maximum absolute atomic E-state index is 14.8. The van der Waals surface area contributed by atoms with Gasteiger partial charge in [0.15, 0.2) is 0 Å². The number of anilines is 1. The first kappa shape index (κ1) is 25.3. The van der Waals surface area contributed by atoms with E-state index in [0.29, 0.717) is 22.1 Å². The molecule has 1 N–H and O–H groups in total. The number of carboxylic acid groups (broad SMARTS) is 1. The third kappa shape index (κ3) is 4.81. The van der Waals surface area contributed by atoms with Crippen LogP contribution in [-0.4, -0.2) is 48.1 Å². The largest absolute Gasteiger partial charge is 0.465 e. The van der Waals surface area contributed by atoms with Gasteiger partial charge in [-0.05, 0) is 47.5 Å². The number of piperidine rings is 1. The third-order valence-corrected chi connectivity index (χ3v) is 6.69. The van der Waals surface area contributed by atoms with Crippen LogP contribution in [0.5, 0.6) is 0 Å². The van der Waals surface area contributed by atoms with E-state index < -0.39 is 23.7 Å². The van der Waals surface area contributed by atoms with E-state index in [1.54, 1.807) is 36.4 Å². The van der Waals surface area contributed by atoms with Crippen molar-refractivity contribution in [2.45, 2.75) is 18.8 Å². The van der Waals surface area contributed by atoms with Crippen LogP contribution in [0.3, 0.4) is 0 Å². The zero-order chi connectivity index (χ0) is 27.2. The second-order valence-corrected chi connectivity index (χ2v) is 9.22. The van der Waals surface area contributed by atoms with Gasteiger partial charge in [0.2, 0.25) is 5.88 Å². The predicted octanol–water partition coefficient (Wildman–Crippen LogP) is 7.03. The molecule has 196 valence electrons. The minimum Gasteiger partial charge on any atom is -0.465 e. The molecule has 2 heterocycles. The average molecular weight is 526 g/mol. The Hall–Kier alpha value is -4.34. The van der Waals surface area contributed by atoms with Crippen molar-refractivity contribution in [2.75, 3.05) is 25.0 Å². The van der Waals surface area contributed by atoms with Gasteiger partial charge >= 0.3 is 6.09 Å². The summed E-state index contributed by atoms with van der Waals surface area (Å²) in [6, 6.07) is 14.5. The van der Waals surface area contributed by atoms with Crippen LogP contribution >= 0.6 is 0 Å². The monoisotopic (exact) mass is 526 g/mol. The molecule has 0 radical (unpaired) electrons. The molecule has 2 amide bonds. The summed E-state index contributed by atoms with van der Waals surface area (Å²) in [6.45, 7) is -0.0467. The van der Waals surface area contributed by atoms with Crippen LogP contribution in [0.4, 0.5) is 28.2 Å². The lowest BCUT2D eigenvalue weighted by atomic mass is 9.95. The first-order valence-electron chi connectivity index (χ1n) is 11.8. The highest BCUT2D eigenvalue weighted by molar-refractivity contribution is 6.00. The van der Waals surface area contributed by atoms with E-state index in [1.165, 1.54) is 24.1 Å². The Morgan fingerprint density at radius 3 is 2.24 bits per heavy atom. The van der Waals surface area contributed by atoms with Crippen molar-refractivity contribution in [3.63, 3.8) is 0 Å². The van der Waals surface area contributed by atoms with Crippen LogP contribution in [0.1, 0.15) is 23.2 Å². The molecule has 5 rings (SSSR count). The molecule has 1 aliphatic heterocycles. The number of alkyl halides is 2. The highest BCUT2D eigenvalue weighted by Gasteiger charge is 2.35. The van der Waals surface area contributed by atoms with Crippen LogP contribution in [0, 0.1) is 11.6 Å². The van der Waals surface area contributed by atoms with Gasteiger partial charge in [-0.1, -0.05) is 12.1 Å². The van der Waals surface area contributed by atoms with Gasteiger partial charge in [0.05, 0.1) is 0 Å². The number of carbonyl (C=O) groups excluding carboxylic acids is 1. The number of carbonyl (C=O) groups is 2. The summed E-state index contributed by atoms with van der Waals surface area (Å²) in [4.78, 5) is 26.5. The van der Waals surface area contributed by atoms with Gasteiger partial charge in [0, 0.05) is 67.2 Å². The lowest BCUT2D eigenvalue weighted by Crippen LogP contribution is -2.42. The van der Waals surface area contributed by atoms with Crippen molar-refractivity contribution < 1.29 is 36.7 Å². The number of nitrogens with zero attached hydrogens (tertiary/aromatic N) is 2. The summed E-state index contributed by atoms with van der Waals surface area (Å²) in [5.41, 5.74) is 2.18. The second-order valence-electron chi connectivity index (χ2n) is 9.22. The van der Waals surface area contributed by atoms with E-state index in [4.69, 9.17) is 4.42 Å². The Balaban J connectivity index is 1.54. The summed E-state index contributed by atoms with van der Waals surface area (Å²) in [7, 11) is 1.30. The molecule has 1 fully saturated rings. The summed E-state index contributed by atoms with van der Waals surface area (Å²) in [5.74, 6) is -4.65. The fraction of sp³-hybridized carbons (Fsp3) is 0.214. The number of rotatable bonds is 4. The van der Waals surface area contributed by atoms with Crippen molar-refractivity contribution in [1.82, 2.24) is 4.90 Å². The van der Waals surface area contributed by atoms with E-state index >= 15 is 0 Å². The summed E-state index contributed by atoms with van der Waals surface area (Å²) in [6.07, 6.45) is -2.00. The molecular formula is C28H22F4N2O4. The van der Waals surface area contributed by atoms with Gasteiger partial charge in [-0.15, -0.1) is 0 Å². The van der Waals surface area contributed by atoms with E-state index in [-0.39, 0.29) is 54.4 Å². The highest BCUT2D eigenvalue weighted by atomic mass is 19.3. The number of halogens is 4. The number of hydrogen-bond donors (Lipinski definition) is 1. The molecule has 1 saturated heterocycles. The molecule has 38 heavy (non-hydrogen) atoms. The maximum atomic E-state index is 14.8. The summed E-state index contributed by atoms with van der Waals surface area (Å²) < 4.78 is 61.1. The average Bonchev–Trinajstić information content (AvgIpc) is 3.32. The molecule has 0 bridgehead atoms. The summed E-state index contributed by atoms with van der Waals surface area (Å²) in [5, 5.41) is 9.83. The molecule has 0 spiro atoms. The van der Waals surface area contributed by atoms with Gasteiger partial charge in [0.25, 0.3) is 11.8 Å². The maximum Gasteiger partial charge on any atom is 0.413 e. The molecule has 0 saturated carbocycles. The van der Waals surface area contributed by atoms with Crippen LogP contribution in [0.2, 0.25) is 0 Å². The Bertz CT molecular complexity index is 1540. The standard InChI is InChI=1S/C28H22F4N2O4/c1-33(27(36)37)24-14-19-12-18(13-22(25(19)38-24)21-7-6-20(29)15-23(21)30)16-2-4-17(5-3-16)26(35)34-10-8-28(31,32)9-11-34/h2-7,12-15H,8-11H2,1H3,(H,36,37). The molecule has 1 aromatic heterocycles. The second kappa shape index (κ2) is 9.51. The topological polar surface area (TPSA) is 74.0 Å². The van der Waals surface area contributed by atoms with Crippen LogP contribution < -0.4 is 4.90 Å². The number of amides is 2. The Kier molecular flexibility index (Phi) is 6.34. The van der Waals surface area contributed by atoms with Crippen molar-refractivity contribution in [1.29, 1.82) is 0 Å². The zero-order valence-electron chi connectivity index (χ0n) is 20.2. The van der Waals surface area contributed by atoms with Crippen LogP contribution in [0.15, 0.2) is 65.1 Å². The number of fused-ring (bicyclic) bond motifs is 1. The Morgan fingerprint density at radius 2 is 1.61 bits per heavy atom. The third-order valence-electron chi connectivity index (χ3n) is 6.69. The molecule has 4 aromatic rings. The fourth-order valence-corrected chi connectivity index (χ4v) is 4.50. The van der Waals surface area contributed by atoms with Gasteiger partial charge in [-0.2, -0.15) is 0 Å². The smallest absolute Gasteiger partial charge is 0.413 e. The molecular weight excluding hydrogens is 504 g/mol. The van der Waals surface area contributed by atoms with E-state index in [1.807, 2.05) is 0 Å². The zero-order valence-corrected chi connectivity index (χ0v) is 20.2. The number of benzene rings is 3. The molecule has 1 aliphatic rings. The van der Waals surface area contributed by atoms with Crippen molar-refractivity contribution >= 4 is 28.9 Å². The van der Waals surface area contributed by atoms with Crippen molar-refractivity contribution in [3.8, 4) is 22.3 Å². The first-order valence-corrected chi connectivity index (χ1v) is 11.8. The Morgan fingerprint density at radius 1 is 0.921 bits per heavy atom. The normalized spacial score (nSPS) is 15.0. The summed E-state index contributed by atoms with van der Waals surface area (Å²) >= 11 is 0. The van der Waals surface area contributed by atoms with Gasteiger partial charge in [0.1, 0.15) is 17.2 Å². The van der Waals surface area contributed by atoms with E-state index in [0.717, 1.165) is 17.0 Å². The fourth-order valence-electron chi connectivity index (χ4n) is 4.50. The minimum absolute atomic E-state index is 0.0153. The van der Waals surface area contributed by atoms with Gasteiger partial charge in [-0.3, -0.25) is 9.69 Å². The van der Waals surface area contributed by atoms with Crippen molar-refractivity contribution in [3.05, 3.63) is 77.9 Å². The number of furan rings is 1. The highest BCUT2D eigenvalue weighted by Crippen LogP contribution is 2.39. The minimum atomic E-state index is -2.76. The first-order chi connectivity index (χ1) is 18.0. The lowest BCUT2D eigenvalue weighted by Gasteiger charge is -2.31. The SMILES string of the molecule is CN(C(=O)O)c1cc2cc(-c3ccc(C(=O)N4CCC(F)(F)CC4)cc3)cc(-c3ccc(F)cc3F)c2o1. The number of hydrogen-bond acceptors (Lipinski definition) is 3. The van der Waals surface area contributed by atoms with Gasteiger partial charge < -0.3 is 14.4 Å². The van der Waals surface area contributed by atoms with E-state index in [2.05, 4.69) is 0 Å². The number of likely N-dealkylation sites (tertiary alicyclic amines) is 1. The predicted molar refractivity (Wildman–Crippen MR) is 134 cm³/mol. The molecule has 6 nitrogen and oxygen atoms in total. The Labute approximate surface area is 214 Å². The molecule has 0 atom stereocenters. The van der Waals surface area contributed by atoms with Crippen LogP contribution in [-0.2, 0) is 0 Å². The lowest BCUT2D eigenvalue weighted by molar-refractivity contribution is -0.0494. The molecule has 0 unspecified atom stereocenters. The quantitative estimate of drug-likeness (QED) is 0.290. The molecule has 0 aliphatic carbocycles. The van der Waals surface area contributed by atoms with Crippen molar-refractivity contribution in [2.24, 2.45) is 0 Å². The van der Waals surface area contributed by atoms with Crippen LogP contribution in [0.25, 0.3) is 33.2 Å². The molecule has 10 heteroatoms. The van der Waals surface area contributed by atoms with E-state index in [9.17, 15) is 32.3 Å². The van der Waals surface area contributed by atoms with Gasteiger partial charge in [-0.25, -0.2) is 22.4 Å². The molecule has 3 aromatic carbocycles.